The largest absolute Gasteiger partial charge is 0.339 e. The molecule has 0 spiro atoms. The van der Waals surface area contributed by atoms with Crippen molar-refractivity contribution in [3.63, 3.8) is 0 Å². The van der Waals surface area contributed by atoms with E-state index in [1.165, 1.54) is 12.1 Å². The molecule has 1 aliphatic carbocycles. The fourth-order valence-electron chi connectivity index (χ4n) is 3.88. The van der Waals surface area contributed by atoms with E-state index in [4.69, 9.17) is 0 Å². The average molecular weight is 407 g/mol. The van der Waals surface area contributed by atoms with Gasteiger partial charge in [0.25, 0.3) is 5.91 Å². The molecule has 0 unspecified atom stereocenters. The topological polar surface area (TPSA) is 63.4 Å². The maximum atomic E-state index is 13.4. The van der Waals surface area contributed by atoms with Crippen molar-refractivity contribution in [1.82, 2.24) is 24.1 Å². The van der Waals surface area contributed by atoms with Crippen molar-refractivity contribution in [2.24, 2.45) is 5.92 Å². The number of nitrogens with zero attached hydrogens (tertiary/aromatic N) is 5. The molecule has 0 radical (unpaired) electrons. The lowest BCUT2D eigenvalue weighted by molar-refractivity contribution is -0.134. The molecule has 0 N–H and O–H groups in total. The third-order valence-corrected chi connectivity index (χ3v) is 5.70. The number of carbonyl (C=O) groups is 2. The Morgan fingerprint density at radius 2 is 1.57 bits per heavy atom. The average Bonchev–Trinajstić information content (AvgIpc) is 3.30. The molecule has 154 valence electrons. The Balaban J connectivity index is 1.42. The Morgan fingerprint density at radius 1 is 0.933 bits per heavy atom. The molecular weight excluding hydrogens is 385 g/mol. The van der Waals surface area contributed by atoms with E-state index in [1.54, 1.807) is 27.9 Å². The van der Waals surface area contributed by atoms with Crippen LogP contribution in [0.4, 0.5) is 4.39 Å². The number of hydrogen-bond acceptors (Lipinski definition) is 3. The predicted octanol–water partition coefficient (Wildman–Crippen LogP) is 2.50. The van der Waals surface area contributed by atoms with Crippen molar-refractivity contribution in [3.8, 4) is 11.5 Å². The maximum Gasteiger partial charge on any atom is 0.259 e. The lowest BCUT2D eigenvalue weighted by atomic mass is 10.2. The van der Waals surface area contributed by atoms with Gasteiger partial charge in [0.1, 0.15) is 11.4 Å². The van der Waals surface area contributed by atoms with Crippen LogP contribution in [0.25, 0.3) is 11.5 Å². The first-order valence-corrected chi connectivity index (χ1v) is 10.2. The molecule has 8 heteroatoms. The predicted molar refractivity (Wildman–Crippen MR) is 108 cm³/mol. The quantitative estimate of drug-likeness (QED) is 0.668. The van der Waals surface area contributed by atoms with Crippen LogP contribution in [0.1, 0.15) is 23.2 Å². The summed E-state index contributed by atoms with van der Waals surface area (Å²) in [5.74, 6) is 0.572. The summed E-state index contributed by atoms with van der Waals surface area (Å²) in [6.45, 7) is 2.13. The van der Waals surface area contributed by atoms with Gasteiger partial charge in [-0.2, -0.15) is 5.10 Å². The van der Waals surface area contributed by atoms with Gasteiger partial charge in [-0.1, -0.05) is 0 Å². The van der Waals surface area contributed by atoms with Crippen LogP contribution in [-0.2, 0) is 4.79 Å². The van der Waals surface area contributed by atoms with E-state index >= 15 is 0 Å². The van der Waals surface area contributed by atoms with E-state index < -0.39 is 0 Å². The van der Waals surface area contributed by atoms with Crippen LogP contribution in [0.15, 0.2) is 55.0 Å². The highest BCUT2D eigenvalue weighted by molar-refractivity contribution is 5.97. The Kier molecular flexibility index (Phi) is 4.61. The van der Waals surface area contributed by atoms with Crippen LogP contribution >= 0.6 is 0 Å². The second-order valence-electron chi connectivity index (χ2n) is 7.75. The van der Waals surface area contributed by atoms with Crippen molar-refractivity contribution in [2.75, 3.05) is 26.2 Å². The van der Waals surface area contributed by atoms with Gasteiger partial charge >= 0.3 is 0 Å². The minimum absolute atomic E-state index is 0.120. The smallest absolute Gasteiger partial charge is 0.259 e. The van der Waals surface area contributed by atoms with Crippen LogP contribution in [0.3, 0.4) is 0 Å². The van der Waals surface area contributed by atoms with Crippen LogP contribution in [0.5, 0.6) is 0 Å². The normalized spacial score (nSPS) is 16.7. The first-order chi connectivity index (χ1) is 14.6. The van der Waals surface area contributed by atoms with Gasteiger partial charge in [0.2, 0.25) is 5.91 Å². The minimum atomic E-state index is -0.330. The third-order valence-electron chi connectivity index (χ3n) is 5.70. The molecule has 0 bridgehead atoms. The summed E-state index contributed by atoms with van der Waals surface area (Å²) in [6, 6.07) is 9.75. The SMILES string of the molecule is O=C(c1cnn(-c2ccc(F)cc2)c1-n1cccc1)N1CCN(C(=O)C2CC2)CC1. The number of benzene rings is 1. The monoisotopic (exact) mass is 407 g/mol. The zero-order valence-electron chi connectivity index (χ0n) is 16.4. The van der Waals surface area contributed by atoms with E-state index in [2.05, 4.69) is 5.10 Å². The van der Waals surface area contributed by atoms with Crippen LogP contribution in [0.2, 0.25) is 0 Å². The van der Waals surface area contributed by atoms with E-state index in [9.17, 15) is 14.0 Å². The molecule has 1 aromatic carbocycles. The van der Waals surface area contributed by atoms with Gasteiger partial charge in [-0.3, -0.25) is 9.59 Å². The van der Waals surface area contributed by atoms with Crippen LogP contribution in [0, 0.1) is 11.7 Å². The Labute approximate surface area is 173 Å². The Morgan fingerprint density at radius 3 is 2.20 bits per heavy atom. The molecule has 30 heavy (non-hydrogen) atoms. The fraction of sp³-hybridized carbons (Fsp3) is 0.318. The molecule has 7 nitrogen and oxygen atoms in total. The summed E-state index contributed by atoms with van der Waals surface area (Å²) in [4.78, 5) is 29.3. The summed E-state index contributed by atoms with van der Waals surface area (Å²) < 4.78 is 16.8. The molecule has 2 aliphatic rings. The molecule has 3 aromatic rings. The first kappa shape index (κ1) is 18.6. The van der Waals surface area contributed by atoms with Crippen molar-refractivity contribution in [1.29, 1.82) is 0 Å². The highest BCUT2D eigenvalue weighted by atomic mass is 19.1. The Hall–Kier alpha value is -3.42. The van der Waals surface area contributed by atoms with Gasteiger partial charge in [-0.15, -0.1) is 0 Å². The summed E-state index contributed by atoms with van der Waals surface area (Å²) in [6.07, 6.45) is 7.23. The highest BCUT2D eigenvalue weighted by Gasteiger charge is 2.35. The van der Waals surface area contributed by atoms with Gasteiger partial charge in [-0.05, 0) is 49.2 Å². The van der Waals surface area contributed by atoms with Gasteiger partial charge in [0.15, 0.2) is 5.82 Å². The fourth-order valence-corrected chi connectivity index (χ4v) is 3.88. The van der Waals surface area contributed by atoms with Gasteiger partial charge < -0.3 is 14.4 Å². The van der Waals surface area contributed by atoms with E-state index in [1.807, 2.05) is 34.0 Å². The number of halogens is 1. The lowest BCUT2D eigenvalue weighted by Gasteiger charge is -2.35. The van der Waals surface area contributed by atoms with Gasteiger partial charge in [0.05, 0.1) is 11.9 Å². The molecule has 2 amide bonds. The zero-order chi connectivity index (χ0) is 20.7. The molecule has 5 rings (SSSR count). The zero-order valence-corrected chi connectivity index (χ0v) is 16.4. The summed E-state index contributed by atoms with van der Waals surface area (Å²) in [5, 5.41) is 4.42. The molecular formula is C22H22FN5O2. The summed E-state index contributed by atoms with van der Waals surface area (Å²) in [7, 11) is 0. The molecule has 2 fully saturated rings. The molecule has 0 atom stereocenters. The van der Waals surface area contributed by atoms with E-state index in [-0.39, 0.29) is 23.5 Å². The number of amides is 2. The Bertz CT molecular complexity index is 1060. The molecule has 1 aliphatic heterocycles. The molecule has 3 heterocycles. The van der Waals surface area contributed by atoms with Gasteiger partial charge in [0, 0.05) is 44.5 Å². The first-order valence-electron chi connectivity index (χ1n) is 10.2. The van der Waals surface area contributed by atoms with Crippen molar-refractivity contribution >= 4 is 11.8 Å². The van der Waals surface area contributed by atoms with E-state index in [0.29, 0.717) is 43.2 Å². The molecule has 1 saturated carbocycles. The third kappa shape index (κ3) is 3.38. The van der Waals surface area contributed by atoms with Crippen molar-refractivity contribution in [3.05, 3.63) is 66.4 Å². The van der Waals surface area contributed by atoms with E-state index in [0.717, 1.165) is 12.8 Å². The standard InChI is InChI=1S/C22H22FN5O2/c23-17-5-7-18(8-6-17)28-20(25-9-1-2-10-25)19(15-24-28)22(30)27-13-11-26(12-14-27)21(29)16-3-4-16/h1-2,5-10,15-16H,3-4,11-14H2. The molecule has 1 saturated heterocycles. The summed E-state index contributed by atoms with van der Waals surface area (Å²) in [5.41, 5.74) is 1.14. The highest BCUT2D eigenvalue weighted by Crippen LogP contribution is 2.31. The number of hydrogen-bond donors (Lipinski definition) is 0. The number of piperazine rings is 1. The molecule has 2 aromatic heterocycles. The number of rotatable bonds is 4. The van der Waals surface area contributed by atoms with Crippen LogP contribution in [-0.4, -0.2) is 62.1 Å². The maximum absolute atomic E-state index is 13.4. The summed E-state index contributed by atoms with van der Waals surface area (Å²) >= 11 is 0. The van der Waals surface area contributed by atoms with Crippen molar-refractivity contribution < 1.29 is 14.0 Å². The lowest BCUT2D eigenvalue weighted by Crippen LogP contribution is -2.51. The number of aromatic nitrogens is 3. The second kappa shape index (κ2) is 7.44. The van der Waals surface area contributed by atoms with Crippen LogP contribution < -0.4 is 0 Å². The number of carbonyl (C=O) groups excluding carboxylic acids is 2. The van der Waals surface area contributed by atoms with Gasteiger partial charge in [-0.25, -0.2) is 9.07 Å². The second-order valence-corrected chi connectivity index (χ2v) is 7.75. The minimum Gasteiger partial charge on any atom is -0.339 e. The van der Waals surface area contributed by atoms with Crippen molar-refractivity contribution in [2.45, 2.75) is 12.8 Å².